The van der Waals surface area contributed by atoms with E-state index in [-0.39, 0.29) is 5.41 Å². The molecule has 1 spiro atoms. The van der Waals surface area contributed by atoms with Gasteiger partial charge in [-0.2, -0.15) is 0 Å². The maximum Gasteiger partial charge on any atom is 0.0725 e. The lowest BCUT2D eigenvalue weighted by Gasteiger charge is -2.31. The molecular formula is C33H24. The quantitative estimate of drug-likeness (QED) is 0.250. The van der Waals surface area contributed by atoms with Crippen molar-refractivity contribution >= 4 is 0 Å². The molecule has 0 saturated carbocycles. The van der Waals surface area contributed by atoms with Crippen molar-refractivity contribution in [2.24, 2.45) is 0 Å². The molecule has 0 aromatic heterocycles. The highest BCUT2D eigenvalue weighted by Gasteiger charge is 2.51. The predicted molar refractivity (Wildman–Crippen MR) is 138 cm³/mol. The lowest BCUT2D eigenvalue weighted by Crippen LogP contribution is -2.26. The lowest BCUT2D eigenvalue weighted by atomic mass is 9.70. The first-order chi connectivity index (χ1) is 16.2. The molecule has 0 amide bonds. The van der Waals surface area contributed by atoms with Crippen molar-refractivity contribution in [1.82, 2.24) is 0 Å². The topological polar surface area (TPSA) is 0 Å². The second-order valence-corrected chi connectivity index (χ2v) is 9.45. The standard InChI is InChI=1S/C33H24/c1-21-18-28-27-17-16-24(23-10-4-3-5-11-23)20-32(27)33(31(28)19-22(21)2)29-14-8-6-12-25(29)26-13-7-9-15-30(26)33/h3-20H,1-2H3. The maximum absolute atomic E-state index is 2.45. The third kappa shape index (κ3) is 2.31. The summed E-state index contributed by atoms with van der Waals surface area (Å²) in [5, 5.41) is 0. The summed E-state index contributed by atoms with van der Waals surface area (Å²) in [6.45, 7) is 4.48. The molecule has 0 fully saturated rings. The monoisotopic (exact) mass is 420 g/mol. The Morgan fingerprint density at radius 3 is 1.64 bits per heavy atom. The van der Waals surface area contributed by atoms with Crippen molar-refractivity contribution in [3.05, 3.63) is 143 Å². The van der Waals surface area contributed by atoms with Gasteiger partial charge in [0.1, 0.15) is 0 Å². The number of aryl methyl sites for hydroxylation is 2. The van der Waals surface area contributed by atoms with Gasteiger partial charge in [0.25, 0.3) is 0 Å². The van der Waals surface area contributed by atoms with E-state index < -0.39 is 0 Å². The largest absolute Gasteiger partial charge is 0.0725 e. The zero-order valence-electron chi connectivity index (χ0n) is 18.9. The van der Waals surface area contributed by atoms with Gasteiger partial charge < -0.3 is 0 Å². The Bertz CT molecular complexity index is 1520. The van der Waals surface area contributed by atoms with Crippen LogP contribution in [0.4, 0.5) is 0 Å². The number of rotatable bonds is 1. The van der Waals surface area contributed by atoms with Crippen LogP contribution in [-0.2, 0) is 5.41 Å². The minimum Gasteiger partial charge on any atom is -0.0622 e. The SMILES string of the molecule is Cc1cc2c(cc1C)C1(c3ccccc3-c3ccccc31)c1cc(-c3ccccc3)ccc1-2. The molecule has 0 saturated heterocycles. The van der Waals surface area contributed by atoms with E-state index in [1.54, 1.807) is 0 Å². The third-order valence-electron chi connectivity index (χ3n) is 7.81. The Hall–Kier alpha value is -3.90. The minimum absolute atomic E-state index is 0.277. The highest BCUT2D eigenvalue weighted by Crippen LogP contribution is 2.63. The van der Waals surface area contributed by atoms with Crippen LogP contribution >= 0.6 is 0 Å². The van der Waals surface area contributed by atoms with Crippen LogP contribution in [-0.4, -0.2) is 0 Å². The minimum atomic E-state index is -0.277. The number of hydrogen-bond donors (Lipinski definition) is 0. The van der Waals surface area contributed by atoms with Gasteiger partial charge in [0.15, 0.2) is 0 Å². The van der Waals surface area contributed by atoms with Gasteiger partial charge in [-0.15, -0.1) is 0 Å². The van der Waals surface area contributed by atoms with Gasteiger partial charge in [-0.3, -0.25) is 0 Å². The van der Waals surface area contributed by atoms with E-state index in [4.69, 9.17) is 0 Å². The fourth-order valence-electron chi connectivity index (χ4n) is 6.21. The molecule has 156 valence electrons. The van der Waals surface area contributed by atoms with Gasteiger partial charge in [-0.25, -0.2) is 0 Å². The summed E-state index contributed by atoms with van der Waals surface area (Å²) >= 11 is 0. The second-order valence-electron chi connectivity index (χ2n) is 9.45. The molecule has 0 bridgehead atoms. The Balaban J connectivity index is 1.66. The Morgan fingerprint density at radius 1 is 0.394 bits per heavy atom. The molecule has 0 aliphatic heterocycles. The molecule has 0 nitrogen and oxygen atoms in total. The van der Waals surface area contributed by atoms with E-state index in [9.17, 15) is 0 Å². The summed E-state index contributed by atoms with van der Waals surface area (Å²) in [4.78, 5) is 0. The van der Waals surface area contributed by atoms with Crippen molar-refractivity contribution in [3.63, 3.8) is 0 Å². The average Bonchev–Trinajstić information content (AvgIpc) is 3.31. The lowest BCUT2D eigenvalue weighted by molar-refractivity contribution is 0.792. The summed E-state index contributed by atoms with van der Waals surface area (Å²) in [7, 11) is 0. The molecule has 0 unspecified atom stereocenters. The molecule has 0 radical (unpaired) electrons. The summed E-state index contributed by atoms with van der Waals surface area (Å²) in [6.07, 6.45) is 0. The van der Waals surface area contributed by atoms with Crippen LogP contribution in [0.1, 0.15) is 33.4 Å². The van der Waals surface area contributed by atoms with Gasteiger partial charge in [-0.05, 0) is 86.7 Å². The molecule has 2 aliphatic rings. The van der Waals surface area contributed by atoms with Crippen LogP contribution in [0.2, 0.25) is 0 Å². The normalized spacial score (nSPS) is 14.0. The Kier molecular flexibility index (Phi) is 3.71. The molecule has 0 heteroatoms. The van der Waals surface area contributed by atoms with Crippen molar-refractivity contribution in [2.45, 2.75) is 19.3 Å². The van der Waals surface area contributed by atoms with E-state index in [0.717, 1.165) is 0 Å². The van der Waals surface area contributed by atoms with Gasteiger partial charge in [0.2, 0.25) is 0 Å². The highest BCUT2D eigenvalue weighted by molar-refractivity contribution is 5.96. The number of fused-ring (bicyclic) bond motifs is 10. The van der Waals surface area contributed by atoms with Crippen LogP contribution in [0, 0.1) is 13.8 Å². The Labute approximate surface area is 195 Å². The summed E-state index contributed by atoms with van der Waals surface area (Å²) in [5.74, 6) is 0. The summed E-state index contributed by atoms with van der Waals surface area (Å²) < 4.78 is 0. The van der Waals surface area contributed by atoms with Crippen molar-refractivity contribution in [3.8, 4) is 33.4 Å². The molecule has 0 atom stereocenters. The zero-order chi connectivity index (χ0) is 22.2. The second kappa shape index (κ2) is 6.56. The van der Waals surface area contributed by atoms with Crippen LogP contribution in [0.5, 0.6) is 0 Å². The smallest absolute Gasteiger partial charge is 0.0622 e. The first kappa shape index (κ1) is 18.7. The fraction of sp³-hybridized carbons (Fsp3) is 0.0909. The molecule has 33 heavy (non-hydrogen) atoms. The molecular weight excluding hydrogens is 396 g/mol. The van der Waals surface area contributed by atoms with Crippen LogP contribution in [0.25, 0.3) is 33.4 Å². The first-order valence-electron chi connectivity index (χ1n) is 11.7. The first-order valence-corrected chi connectivity index (χ1v) is 11.7. The van der Waals surface area contributed by atoms with Crippen LogP contribution in [0.3, 0.4) is 0 Å². The van der Waals surface area contributed by atoms with Crippen molar-refractivity contribution < 1.29 is 0 Å². The van der Waals surface area contributed by atoms with Crippen LogP contribution in [0.15, 0.2) is 109 Å². The fourth-order valence-corrected chi connectivity index (χ4v) is 6.21. The molecule has 5 aromatic carbocycles. The molecule has 2 aliphatic carbocycles. The molecule has 5 aromatic rings. The van der Waals surface area contributed by atoms with E-state index >= 15 is 0 Å². The molecule has 0 N–H and O–H groups in total. The highest BCUT2D eigenvalue weighted by atomic mass is 14.5. The number of benzene rings is 5. The van der Waals surface area contributed by atoms with Gasteiger partial charge in [0.05, 0.1) is 5.41 Å². The zero-order valence-corrected chi connectivity index (χ0v) is 18.9. The average molecular weight is 421 g/mol. The summed E-state index contributed by atoms with van der Waals surface area (Å²) in [6, 6.07) is 40.7. The predicted octanol–water partition coefficient (Wildman–Crippen LogP) is 8.31. The molecule has 7 rings (SSSR count). The Morgan fingerprint density at radius 2 is 0.939 bits per heavy atom. The van der Waals surface area contributed by atoms with Gasteiger partial charge in [-0.1, -0.05) is 103 Å². The summed E-state index contributed by atoms with van der Waals surface area (Å²) in [5.41, 5.74) is 16.0. The molecule has 0 heterocycles. The van der Waals surface area contributed by atoms with E-state index in [1.165, 1.54) is 66.8 Å². The van der Waals surface area contributed by atoms with E-state index in [1.807, 2.05) is 0 Å². The van der Waals surface area contributed by atoms with Gasteiger partial charge in [0, 0.05) is 0 Å². The number of hydrogen-bond acceptors (Lipinski definition) is 0. The van der Waals surface area contributed by atoms with Crippen LogP contribution < -0.4 is 0 Å². The van der Waals surface area contributed by atoms with Crippen molar-refractivity contribution in [2.75, 3.05) is 0 Å². The maximum atomic E-state index is 2.45. The van der Waals surface area contributed by atoms with E-state index in [0.29, 0.717) is 0 Å². The third-order valence-corrected chi connectivity index (χ3v) is 7.81. The van der Waals surface area contributed by atoms with Gasteiger partial charge >= 0.3 is 0 Å². The van der Waals surface area contributed by atoms with E-state index in [2.05, 4.69) is 123 Å². The van der Waals surface area contributed by atoms with Crippen molar-refractivity contribution in [1.29, 1.82) is 0 Å².